The first-order valence-electron chi connectivity index (χ1n) is 9.40. The summed E-state index contributed by atoms with van der Waals surface area (Å²) >= 11 is 0. The minimum atomic E-state index is -0.186. The number of rotatable bonds is 5. The average Bonchev–Trinajstić information content (AvgIpc) is 2.96. The molecule has 0 saturated carbocycles. The predicted molar refractivity (Wildman–Crippen MR) is 103 cm³/mol. The first-order chi connectivity index (χ1) is 12.5. The van der Waals surface area contributed by atoms with E-state index in [1.54, 1.807) is 0 Å². The van der Waals surface area contributed by atoms with Crippen LogP contribution in [0.2, 0.25) is 0 Å². The molecular weight excluding hydrogens is 330 g/mol. The lowest BCUT2D eigenvalue weighted by Gasteiger charge is -2.25. The highest BCUT2D eigenvalue weighted by Crippen LogP contribution is 2.18. The quantitative estimate of drug-likeness (QED) is 0.732. The van der Waals surface area contributed by atoms with Gasteiger partial charge in [0, 0.05) is 24.0 Å². The third-order valence-electron chi connectivity index (χ3n) is 5.14. The normalized spacial score (nSPS) is 24.4. The summed E-state index contributed by atoms with van der Waals surface area (Å²) in [5, 5.41) is 5.84. The highest BCUT2D eigenvalue weighted by Gasteiger charge is 2.32. The third kappa shape index (κ3) is 5.03. The molecule has 7 heteroatoms. The molecule has 2 fully saturated rings. The number of nitrogens with two attached hydrogens (primary N) is 1. The van der Waals surface area contributed by atoms with Gasteiger partial charge in [0.25, 0.3) is 0 Å². The SMILES string of the molecule is CN1C[C@@H](N)C[C@H]1C(=O)Nc1ccc(NC(=O)CN2CCCCC2)cc1. The fraction of sp³-hybridized carbons (Fsp3) is 0.579. The predicted octanol–water partition coefficient (Wildman–Crippen LogP) is 1.08. The lowest BCUT2D eigenvalue weighted by atomic mass is 10.1. The lowest BCUT2D eigenvalue weighted by Crippen LogP contribution is -2.37. The van der Waals surface area contributed by atoms with Crippen molar-refractivity contribution in [3.05, 3.63) is 24.3 Å². The molecule has 2 saturated heterocycles. The van der Waals surface area contributed by atoms with Crippen LogP contribution in [0.1, 0.15) is 25.7 Å². The van der Waals surface area contributed by atoms with Crippen molar-refractivity contribution in [1.82, 2.24) is 9.80 Å². The second kappa shape index (κ2) is 8.62. The highest BCUT2D eigenvalue weighted by atomic mass is 16.2. The molecule has 0 aromatic heterocycles. The molecule has 0 radical (unpaired) electrons. The molecule has 0 unspecified atom stereocenters. The number of likely N-dealkylation sites (tertiary alicyclic amines) is 2. The van der Waals surface area contributed by atoms with Gasteiger partial charge in [-0.3, -0.25) is 19.4 Å². The van der Waals surface area contributed by atoms with Gasteiger partial charge in [0.05, 0.1) is 12.6 Å². The number of hydrogen-bond acceptors (Lipinski definition) is 5. The van der Waals surface area contributed by atoms with Crippen molar-refractivity contribution in [3.8, 4) is 0 Å². The van der Waals surface area contributed by atoms with Crippen LogP contribution in [0.15, 0.2) is 24.3 Å². The zero-order valence-corrected chi connectivity index (χ0v) is 15.4. The average molecular weight is 359 g/mol. The Morgan fingerprint density at radius 1 is 1.08 bits per heavy atom. The molecule has 7 nitrogen and oxygen atoms in total. The van der Waals surface area contributed by atoms with E-state index in [4.69, 9.17) is 5.73 Å². The van der Waals surface area contributed by atoms with E-state index >= 15 is 0 Å². The van der Waals surface area contributed by atoms with Gasteiger partial charge >= 0.3 is 0 Å². The molecule has 2 amide bonds. The molecule has 3 rings (SSSR count). The van der Waals surface area contributed by atoms with Gasteiger partial charge in [-0.1, -0.05) is 6.42 Å². The molecule has 1 aromatic rings. The van der Waals surface area contributed by atoms with Crippen molar-refractivity contribution in [2.75, 3.05) is 43.9 Å². The number of anilines is 2. The fourth-order valence-corrected chi connectivity index (χ4v) is 3.73. The topological polar surface area (TPSA) is 90.7 Å². The maximum Gasteiger partial charge on any atom is 0.241 e. The Kier molecular flexibility index (Phi) is 6.24. The maximum absolute atomic E-state index is 12.4. The monoisotopic (exact) mass is 359 g/mol. The van der Waals surface area contributed by atoms with Crippen molar-refractivity contribution in [2.45, 2.75) is 37.8 Å². The molecule has 2 atom stereocenters. The van der Waals surface area contributed by atoms with E-state index in [1.807, 2.05) is 36.2 Å². The molecule has 0 spiro atoms. The molecule has 4 N–H and O–H groups in total. The van der Waals surface area contributed by atoms with E-state index in [9.17, 15) is 9.59 Å². The first-order valence-corrected chi connectivity index (χ1v) is 9.40. The molecule has 142 valence electrons. The van der Waals surface area contributed by atoms with Crippen LogP contribution in [0.25, 0.3) is 0 Å². The van der Waals surface area contributed by atoms with Crippen LogP contribution in [0.3, 0.4) is 0 Å². The van der Waals surface area contributed by atoms with Gasteiger partial charge in [-0.05, 0) is 63.7 Å². The standard InChI is InChI=1S/C19H29N5O2/c1-23-12-14(20)11-17(23)19(26)22-16-7-5-15(6-8-16)21-18(25)13-24-9-3-2-4-10-24/h5-8,14,17H,2-4,9-13,20H2,1H3,(H,21,25)(H,22,26)/t14-,17-/m0/s1. The first kappa shape index (κ1) is 18.8. The van der Waals surface area contributed by atoms with E-state index in [0.717, 1.165) is 31.0 Å². The van der Waals surface area contributed by atoms with Crippen molar-refractivity contribution in [3.63, 3.8) is 0 Å². The van der Waals surface area contributed by atoms with Gasteiger partial charge in [-0.2, -0.15) is 0 Å². The second-order valence-corrected chi connectivity index (χ2v) is 7.40. The minimum absolute atomic E-state index is 0.00486. The number of hydrogen-bond donors (Lipinski definition) is 3. The summed E-state index contributed by atoms with van der Waals surface area (Å²) in [6, 6.07) is 7.11. The van der Waals surface area contributed by atoms with Crippen molar-refractivity contribution < 1.29 is 9.59 Å². The van der Waals surface area contributed by atoms with Crippen LogP contribution >= 0.6 is 0 Å². The Hall–Kier alpha value is -1.96. The number of amides is 2. The number of piperidine rings is 1. The Morgan fingerprint density at radius 2 is 1.69 bits per heavy atom. The van der Waals surface area contributed by atoms with Gasteiger partial charge < -0.3 is 16.4 Å². The van der Waals surface area contributed by atoms with Crippen molar-refractivity contribution in [1.29, 1.82) is 0 Å². The summed E-state index contributed by atoms with van der Waals surface area (Å²) in [5.74, 6) is -0.0346. The van der Waals surface area contributed by atoms with E-state index in [-0.39, 0.29) is 23.9 Å². The molecule has 0 aliphatic carbocycles. The van der Waals surface area contributed by atoms with Crippen LogP contribution in [0, 0.1) is 0 Å². The van der Waals surface area contributed by atoms with Crippen LogP contribution < -0.4 is 16.4 Å². The van der Waals surface area contributed by atoms with Crippen LogP contribution in [-0.2, 0) is 9.59 Å². The van der Waals surface area contributed by atoms with Crippen molar-refractivity contribution >= 4 is 23.2 Å². The zero-order valence-electron chi connectivity index (χ0n) is 15.4. The summed E-state index contributed by atoms with van der Waals surface area (Å²) in [7, 11) is 1.91. The molecule has 2 heterocycles. The number of carbonyl (C=O) groups is 2. The minimum Gasteiger partial charge on any atom is -0.326 e. The van der Waals surface area contributed by atoms with Gasteiger partial charge in [0.1, 0.15) is 0 Å². The number of benzene rings is 1. The van der Waals surface area contributed by atoms with Crippen LogP contribution in [0.4, 0.5) is 11.4 Å². The van der Waals surface area contributed by atoms with Gasteiger partial charge in [-0.15, -0.1) is 0 Å². The Morgan fingerprint density at radius 3 is 2.27 bits per heavy atom. The van der Waals surface area contributed by atoms with Crippen molar-refractivity contribution in [2.24, 2.45) is 5.73 Å². The van der Waals surface area contributed by atoms with E-state index in [0.29, 0.717) is 13.0 Å². The summed E-state index contributed by atoms with van der Waals surface area (Å²) in [4.78, 5) is 28.7. The summed E-state index contributed by atoms with van der Waals surface area (Å²) < 4.78 is 0. The molecule has 2 aliphatic heterocycles. The fourth-order valence-electron chi connectivity index (χ4n) is 3.73. The lowest BCUT2D eigenvalue weighted by molar-refractivity contribution is -0.120. The van der Waals surface area contributed by atoms with E-state index in [2.05, 4.69) is 15.5 Å². The maximum atomic E-state index is 12.4. The molecule has 2 aliphatic rings. The number of nitrogens with zero attached hydrogens (tertiary/aromatic N) is 2. The summed E-state index contributed by atoms with van der Waals surface area (Å²) in [6.45, 7) is 3.17. The summed E-state index contributed by atoms with van der Waals surface area (Å²) in [5.41, 5.74) is 7.38. The Balaban J connectivity index is 1.48. The Labute approximate surface area is 154 Å². The van der Waals surface area contributed by atoms with Gasteiger partial charge in [0.2, 0.25) is 11.8 Å². The Bertz CT molecular complexity index is 627. The zero-order chi connectivity index (χ0) is 18.5. The van der Waals surface area contributed by atoms with Gasteiger partial charge in [0.15, 0.2) is 0 Å². The smallest absolute Gasteiger partial charge is 0.241 e. The number of carbonyl (C=O) groups excluding carboxylic acids is 2. The van der Waals surface area contributed by atoms with E-state index in [1.165, 1.54) is 19.3 Å². The molecular formula is C19H29N5O2. The van der Waals surface area contributed by atoms with Crippen LogP contribution in [0.5, 0.6) is 0 Å². The van der Waals surface area contributed by atoms with Crippen LogP contribution in [-0.4, -0.2) is 66.9 Å². The highest BCUT2D eigenvalue weighted by molar-refractivity contribution is 5.96. The molecule has 1 aromatic carbocycles. The number of nitrogens with one attached hydrogen (secondary N) is 2. The largest absolute Gasteiger partial charge is 0.326 e. The van der Waals surface area contributed by atoms with E-state index < -0.39 is 0 Å². The number of likely N-dealkylation sites (N-methyl/N-ethyl adjacent to an activating group) is 1. The third-order valence-corrected chi connectivity index (χ3v) is 5.14. The molecule has 0 bridgehead atoms. The second-order valence-electron chi connectivity index (χ2n) is 7.40. The van der Waals surface area contributed by atoms with Gasteiger partial charge in [-0.25, -0.2) is 0 Å². The molecule has 26 heavy (non-hydrogen) atoms. The summed E-state index contributed by atoms with van der Waals surface area (Å²) in [6.07, 6.45) is 4.27.